The molecule has 1 aromatic carbocycles. The zero-order valence-corrected chi connectivity index (χ0v) is 17.5. The van der Waals surface area contributed by atoms with E-state index in [-0.39, 0.29) is 23.1 Å². The Hall–Kier alpha value is -2.69. The average Bonchev–Trinajstić information content (AvgIpc) is 2.65. The Labute approximate surface area is 168 Å². The van der Waals surface area contributed by atoms with Gasteiger partial charge in [-0.15, -0.1) is 0 Å². The Morgan fingerprint density at radius 1 is 1.07 bits per heavy atom. The van der Waals surface area contributed by atoms with Crippen LogP contribution in [0.1, 0.15) is 62.5 Å². The Bertz CT molecular complexity index is 778. The second-order valence-corrected chi connectivity index (χ2v) is 8.56. The highest BCUT2D eigenvalue weighted by Gasteiger charge is 2.23. The Morgan fingerprint density at radius 3 is 2.29 bits per heavy atom. The lowest BCUT2D eigenvalue weighted by molar-refractivity contribution is -0.123. The zero-order chi connectivity index (χ0) is 20.7. The van der Waals surface area contributed by atoms with Crippen LogP contribution in [0.2, 0.25) is 0 Å². The molecule has 0 bridgehead atoms. The van der Waals surface area contributed by atoms with Crippen LogP contribution in [0.25, 0.3) is 0 Å². The first-order chi connectivity index (χ1) is 13.2. The first-order valence-electron chi connectivity index (χ1n) is 9.75. The Morgan fingerprint density at radius 2 is 1.75 bits per heavy atom. The normalized spacial score (nSPS) is 12.5. The monoisotopic (exact) mass is 381 g/mol. The number of carbonyl (C=O) groups excluding carboxylic acids is 2. The molecule has 2 N–H and O–H groups in total. The molecule has 5 heteroatoms. The van der Waals surface area contributed by atoms with E-state index in [0.717, 1.165) is 11.1 Å². The van der Waals surface area contributed by atoms with Crippen LogP contribution in [0.15, 0.2) is 48.8 Å². The maximum Gasteiger partial charge on any atom is 0.251 e. The molecule has 1 aromatic heterocycles. The highest BCUT2D eigenvalue weighted by Crippen LogP contribution is 2.22. The van der Waals surface area contributed by atoms with Crippen molar-refractivity contribution in [3.8, 4) is 0 Å². The van der Waals surface area contributed by atoms with Gasteiger partial charge in [-0.3, -0.25) is 14.6 Å². The quantitative estimate of drug-likeness (QED) is 0.765. The van der Waals surface area contributed by atoms with E-state index in [0.29, 0.717) is 18.5 Å². The SMILES string of the molecule is CC(C)C[C@H](NC(=O)c1ccc(C(C)(C)C)cc1)C(=O)NCc1cccnc1. The predicted molar refractivity (Wildman–Crippen MR) is 112 cm³/mol. The number of pyridine rings is 1. The third-order valence-corrected chi connectivity index (χ3v) is 4.53. The number of hydrogen-bond acceptors (Lipinski definition) is 3. The summed E-state index contributed by atoms with van der Waals surface area (Å²) < 4.78 is 0. The maximum atomic E-state index is 12.7. The van der Waals surface area contributed by atoms with E-state index in [1.165, 1.54) is 0 Å². The summed E-state index contributed by atoms with van der Waals surface area (Å²) in [5.41, 5.74) is 2.67. The van der Waals surface area contributed by atoms with Crippen molar-refractivity contribution < 1.29 is 9.59 Å². The third kappa shape index (κ3) is 6.48. The molecule has 0 radical (unpaired) electrons. The fourth-order valence-corrected chi connectivity index (χ4v) is 2.88. The van der Waals surface area contributed by atoms with Gasteiger partial charge in [0.25, 0.3) is 5.91 Å². The number of nitrogens with zero attached hydrogens (tertiary/aromatic N) is 1. The zero-order valence-electron chi connectivity index (χ0n) is 17.5. The van der Waals surface area contributed by atoms with Gasteiger partial charge in [-0.1, -0.05) is 52.8 Å². The van der Waals surface area contributed by atoms with E-state index in [9.17, 15) is 9.59 Å². The minimum absolute atomic E-state index is 0.0291. The summed E-state index contributed by atoms with van der Waals surface area (Å²) in [6, 6.07) is 10.7. The van der Waals surface area contributed by atoms with Crippen molar-refractivity contribution in [3.63, 3.8) is 0 Å². The van der Waals surface area contributed by atoms with Gasteiger partial charge >= 0.3 is 0 Å². The molecule has 1 heterocycles. The lowest BCUT2D eigenvalue weighted by Gasteiger charge is -2.21. The number of aromatic nitrogens is 1. The van der Waals surface area contributed by atoms with Gasteiger partial charge in [0.05, 0.1) is 0 Å². The first kappa shape index (κ1) is 21.6. The summed E-state index contributed by atoms with van der Waals surface area (Å²) in [5, 5.41) is 5.79. The van der Waals surface area contributed by atoms with E-state index in [2.05, 4.69) is 36.4 Å². The predicted octanol–water partition coefficient (Wildman–Crippen LogP) is 3.84. The topological polar surface area (TPSA) is 71.1 Å². The number of benzene rings is 1. The van der Waals surface area contributed by atoms with Crippen LogP contribution in [-0.4, -0.2) is 22.8 Å². The van der Waals surface area contributed by atoms with E-state index in [1.807, 2.05) is 50.2 Å². The molecule has 0 spiro atoms. The molecular formula is C23H31N3O2. The van der Waals surface area contributed by atoms with E-state index < -0.39 is 6.04 Å². The summed E-state index contributed by atoms with van der Waals surface area (Å²) in [7, 11) is 0. The molecule has 0 fully saturated rings. The lowest BCUT2D eigenvalue weighted by atomic mass is 9.86. The molecule has 0 aliphatic rings. The molecular weight excluding hydrogens is 350 g/mol. The fraction of sp³-hybridized carbons (Fsp3) is 0.435. The highest BCUT2D eigenvalue weighted by molar-refractivity contribution is 5.97. The van der Waals surface area contributed by atoms with Gasteiger partial charge < -0.3 is 10.6 Å². The molecule has 0 saturated carbocycles. The molecule has 0 aliphatic carbocycles. The van der Waals surface area contributed by atoms with Crippen LogP contribution >= 0.6 is 0 Å². The van der Waals surface area contributed by atoms with Gasteiger partial charge in [0.1, 0.15) is 6.04 Å². The van der Waals surface area contributed by atoms with Crippen molar-refractivity contribution in [2.45, 2.75) is 59.0 Å². The fourth-order valence-electron chi connectivity index (χ4n) is 2.88. The van der Waals surface area contributed by atoms with Crippen molar-refractivity contribution in [1.29, 1.82) is 0 Å². The molecule has 1 atom stereocenters. The highest BCUT2D eigenvalue weighted by atomic mass is 16.2. The van der Waals surface area contributed by atoms with Crippen LogP contribution in [0.4, 0.5) is 0 Å². The van der Waals surface area contributed by atoms with E-state index >= 15 is 0 Å². The average molecular weight is 382 g/mol. The number of hydrogen-bond donors (Lipinski definition) is 2. The molecule has 2 aromatic rings. The molecule has 150 valence electrons. The van der Waals surface area contributed by atoms with Crippen LogP contribution in [-0.2, 0) is 16.8 Å². The third-order valence-electron chi connectivity index (χ3n) is 4.53. The summed E-state index contributed by atoms with van der Waals surface area (Å²) in [4.78, 5) is 29.4. The number of nitrogens with one attached hydrogen (secondary N) is 2. The van der Waals surface area contributed by atoms with Crippen LogP contribution in [0, 0.1) is 5.92 Å². The van der Waals surface area contributed by atoms with Crippen molar-refractivity contribution in [2.24, 2.45) is 5.92 Å². The largest absolute Gasteiger partial charge is 0.350 e. The van der Waals surface area contributed by atoms with Crippen molar-refractivity contribution in [2.75, 3.05) is 0 Å². The van der Waals surface area contributed by atoms with Gasteiger partial charge in [0.2, 0.25) is 5.91 Å². The molecule has 28 heavy (non-hydrogen) atoms. The molecule has 0 saturated heterocycles. The summed E-state index contributed by atoms with van der Waals surface area (Å²) in [5.74, 6) is -0.141. The van der Waals surface area contributed by atoms with E-state index in [1.54, 1.807) is 12.4 Å². The van der Waals surface area contributed by atoms with Gasteiger partial charge in [-0.05, 0) is 47.1 Å². The molecule has 0 aliphatic heterocycles. The van der Waals surface area contributed by atoms with Crippen LogP contribution < -0.4 is 10.6 Å². The van der Waals surface area contributed by atoms with Crippen molar-refractivity contribution >= 4 is 11.8 Å². The first-order valence-corrected chi connectivity index (χ1v) is 9.75. The number of amides is 2. The van der Waals surface area contributed by atoms with Crippen LogP contribution in [0.5, 0.6) is 0 Å². The van der Waals surface area contributed by atoms with E-state index in [4.69, 9.17) is 0 Å². The summed E-state index contributed by atoms with van der Waals surface area (Å²) in [6.45, 7) is 10.8. The standard InChI is InChI=1S/C23H31N3O2/c1-16(2)13-20(22(28)25-15-17-7-6-12-24-14-17)26-21(27)18-8-10-19(11-9-18)23(3,4)5/h6-12,14,16,20H,13,15H2,1-5H3,(H,25,28)(H,26,27)/t20-/m0/s1. The minimum Gasteiger partial charge on any atom is -0.350 e. The number of carbonyl (C=O) groups is 2. The smallest absolute Gasteiger partial charge is 0.251 e. The van der Waals surface area contributed by atoms with Crippen LogP contribution in [0.3, 0.4) is 0 Å². The molecule has 2 rings (SSSR count). The summed E-state index contributed by atoms with van der Waals surface area (Å²) >= 11 is 0. The van der Waals surface area contributed by atoms with Crippen molar-refractivity contribution in [3.05, 3.63) is 65.5 Å². The second-order valence-electron chi connectivity index (χ2n) is 8.56. The molecule has 0 unspecified atom stereocenters. The van der Waals surface area contributed by atoms with Gasteiger partial charge in [0.15, 0.2) is 0 Å². The maximum absolute atomic E-state index is 12.7. The lowest BCUT2D eigenvalue weighted by Crippen LogP contribution is -2.47. The van der Waals surface area contributed by atoms with Gasteiger partial charge in [0, 0.05) is 24.5 Å². The molecule has 2 amide bonds. The van der Waals surface area contributed by atoms with Crippen molar-refractivity contribution in [1.82, 2.24) is 15.6 Å². The molecule has 5 nitrogen and oxygen atoms in total. The summed E-state index contributed by atoms with van der Waals surface area (Å²) in [6.07, 6.45) is 3.98. The Balaban J connectivity index is 2.03. The number of rotatable bonds is 7. The van der Waals surface area contributed by atoms with Gasteiger partial charge in [-0.25, -0.2) is 0 Å². The second kappa shape index (κ2) is 9.49. The Kier molecular flexibility index (Phi) is 7.32. The van der Waals surface area contributed by atoms with Gasteiger partial charge in [-0.2, -0.15) is 0 Å². The minimum atomic E-state index is -0.577.